The summed E-state index contributed by atoms with van der Waals surface area (Å²) in [5.41, 5.74) is 0. The van der Waals surface area contributed by atoms with Gasteiger partial charge in [0.2, 0.25) is 0 Å². The topological polar surface area (TPSA) is 121 Å². The third-order valence-electron chi connectivity index (χ3n) is 3.72. The summed E-state index contributed by atoms with van der Waals surface area (Å²) in [6.45, 7) is 0.379. The van der Waals surface area contributed by atoms with Crippen LogP contribution in [-0.4, -0.2) is 77.6 Å². The lowest BCUT2D eigenvalue weighted by molar-refractivity contribution is -0.873. The maximum absolute atomic E-state index is 12.0. The molecule has 3 N–H and O–H groups in total. The lowest BCUT2D eigenvalue weighted by Crippen LogP contribution is -2.44. The predicted molar refractivity (Wildman–Crippen MR) is 100 cm³/mol. The van der Waals surface area contributed by atoms with Gasteiger partial charge in [-0.2, -0.15) is 0 Å². The van der Waals surface area contributed by atoms with E-state index in [1.807, 2.05) is 27.2 Å². The van der Waals surface area contributed by atoms with Crippen molar-refractivity contribution in [3.8, 4) is 0 Å². The Morgan fingerprint density at radius 2 is 1.63 bits per heavy atom. The molecule has 156 valence electrons. The zero-order valence-electron chi connectivity index (χ0n) is 16.6. The summed E-state index contributed by atoms with van der Waals surface area (Å²) in [7, 11) is 5.65. The van der Waals surface area contributed by atoms with E-state index >= 15 is 0 Å². The minimum Gasteiger partial charge on any atom is -0.481 e. The number of nitrogens with zero attached hydrogens (tertiary/aromatic N) is 1. The molecular weight excluding hydrogens is 354 g/mol. The predicted octanol–water partition coefficient (Wildman–Crippen LogP) is 1.81. The summed E-state index contributed by atoms with van der Waals surface area (Å²) in [5, 5.41) is 27.4. The molecule has 0 radical (unpaired) electrons. The lowest BCUT2D eigenvalue weighted by atomic mass is 10.1. The Morgan fingerprint density at radius 3 is 2.19 bits per heavy atom. The van der Waals surface area contributed by atoms with Crippen molar-refractivity contribution < 1.29 is 38.9 Å². The Labute approximate surface area is 161 Å². The van der Waals surface area contributed by atoms with Crippen molar-refractivity contribution in [3.63, 3.8) is 0 Å². The summed E-state index contributed by atoms with van der Waals surface area (Å²) in [5.74, 6) is -2.47. The molecule has 0 aromatic rings. The minimum atomic E-state index is -1.03. The van der Waals surface area contributed by atoms with Gasteiger partial charge in [-0.15, -0.1) is 0 Å². The number of esters is 1. The molecule has 8 nitrogen and oxygen atoms in total. The number of unbranched alkanes of at least 4 members (excludes halogenated alkanes) is 3. The summed E-state index contributed by atoms with van der Waals surface area (Å²) in [4.78, 5) is 33.2. The highest BCUT2D eigenvalue weighted by molar-refractivity contribution is 5.72. The Hall–Kier alpha value is -1.93. The Morgan fingerprint density at radius 1 is 0.963 bits per heavy atom. The largest absolute Gasteiger partial charge is 0.481 e. The van der Waals surface area contributed by atoms with E-state index in [1.54, 1.807) is 6.08 Å². The standard InChI is InChI=1S/C19H33NO7/c1-20(2,3)14-16(13-18(24)25)27-19(26)12-15(21)10-8-6-4-5-7-9-11-17(22)23/h7,9,15-16,21H,4-6,8,10-14H2,1-3H3,(H-,22,23,24,25)/p+1/b9-7+. The van der Waals surface area contributed by atoms with Crippen LogP contribution in [-0.2, 0) is 19.1 Å². The average molecular weight is 388 g/mol. The number of likely N-dealkylation sites (N-methyl/N-ethyl adjacent to an activating group) is 1. The molecule has 8 heteroatoms. The van der Waals surface area contributed by atoms with Crippen molar-refractivity contribution in [1.82, 2.24) is 0 Å². The van der Waals surface area contributed by atoms with Crippen molar-refractivity contribution in [2.75, 3.05) is 27.7 Å². The number of hydrogen-bond donors (Lipinski definition) is 3. The van der Waals surface area contributed by atoms with Crippen LogP contribution in [0.15, 0.2) is 12.2 Å². The van der Waals surface area contributed by atoms with E-state index in [0.29, 0.717) is 17.4 Å². The van der Waals surface area contributed by atoms with Crippen LogP contribution >= 0.6 is 0 Å². The van der Waals surface area contributed by atoms with Crippen molar-refractivity contribution >= 4 is 17.9 Å². The summed E-state index contributed by atoms with van der Waals surface area (Å²) < 4.78 is 5.71. The van der Waals surface area contributed by atoms with Gasteiger partial charge in [0.05, 0.1) is 46.5 Å². The highest BCUT2D eigenvalue weighted by Crippen LogP contribution is 2.12. The van der Waals surface area contributed by atoms with Crippen LogP contribution in [0.25, 0.3) is 0 Å². The number of rotatable bonds is 15. The molecule has 0 bridgehead atoms. The average Bonchev–Trinajstić information content (AvgIpc) is 2.46. The number of carboxylic acid groups (broad SMARTS) is 2. The molecule has 0 heterocycles. The molecule has 27 heavy (non-hydrogen) atoms. The number of aliphatic hydroxyl groups excluding tert-OH is 1. The fourth-order valence-electron chi connectivity index (χ4n) is 2.60. The first-order valence-corrected chi connectivity index (χ1v) is 9.26. The fourth-order valence-corrected chi connectivity index (χ4v) is 2.60. The van der Waals surface area contributed by atoms with Gasteiger partial charge >= 0.3 is 17.9 Å². The zero-order chi connectivity index (χ0) is 20.9. The van der Waals surface area contributed by atoms with Gasteiger partial charge in [-0.05, 0) is 19.3 Å². The number of carbonyl (C=O) groups is 3. The molecule has 0 fully saturated rings. The van der Waals surface area contributed by atoms with Crippen LogP contribution < -0.4 is 0 Å². The number of hydrogen-bond acceptors (Lipinski definition) is 5. The first kappa shape index (κ1) is 25.1. The molecule has 0 aromatic heterocycles. The van der Waals surface area contributed by atoms with Crippen LogP contribution in [0.1, 0.15) is 51.4 Å². The fraction of sp³-hybridized carbons (Fsp3) is 0.737. The normalized spacial score (nSPS) is 14.1. The number of ether oxygens (including phenoxy) is 1. The number of allylic oxidation sites excluding steroid dienone is 1. The zero-order valence-corrected chi connectivity index (χ0v) is 16.6. The molecule has 0 aliphatic carbocycles. The van der Waals surface area contributed by atoms with Crippen molar-refractivity contribution in [1.29, 1.82) is 0 Å². The number of quaternary nitrogens is 1. The van der Waals surface area contributed by atoms with Gasteiger partial charge in [0, 0.05) is 0 Å². The van der Waals surface area contributed by atoms with Gasteiger partial charge in [-0.1, -0.05) is 25.0 Å². The molecule has 2 atom stereocenters. The van der Waals surface area contributed by atoms with Crippen LogP contribution in [0.2, 0.25) is 0 Å². The van der Waals surface area contributed by atoms with Gasteiger partial charge in [0.15, 0.2) is 6.10 Å². The van der Waals surface area contributed by atoms with E-state index < -0.39 is 30.1 Å². The van der Waals surface area contributed by atoms with Crippen LogP contribution in [0.4, 0.5) is 0 Å². The van der Waals surface area contributed by atoms with Crippen LogP contribution in [0, 0.1) is 0 Å². The molecular formula is C19H34NO7+. The second-order valence-electron chi connectivity index (χ2n) is 7.75. The third kappa shape index (κ3) is 17.3. The Balaban J connectivity index is 4.05. The highest BCUT2D eigenvalue weighted by atomic mass is 16.5. The third-order valence-corrected chi connectivity index (χ3v) is 3.72. The first-order valence-electron chi connectivity index (χ1n) is 9.26. The molecule has 0 aliphatic heterocycles. The van der Waals surface area contributed by atoms with Gasteiger partial charge < -0.3 is 24.5 Å². The van der Waals surface area contributed by atoms with E-state index in [4.69, 9.17) is 14.9 Å². The van der Waals surface area contributed by atoms with Crippen molar-refractivity contribution in [3.05, 3.63) is 12.2 Å². The Kier molecular flexibility index (Phi) is 12.3. The van der Waals surface area contributed by atoms with E-state index in [9.17, 15) is 19.5 Å². The second-order valence-corrected chi connectivity index (χ2v) is 7.75. The first-order chi connectivity index (χ1) is 12.5. The minimum absolute atomic E-state index is 0.0256. The van der Waals surface area contributed by atoms with Gasteiger partial charge in [0.1, 0.15) is 6.54 Å². The quantitative estimate of drug-likeness (QED) is 0.169. The summed E-state index contributed by atoms with van der Waals surface area (Å²) >= 11 is 0. The van der Waals surface area contributed by atoms with Crippen LogP contribution in [0.3, 0.4) is 0 Å². The number of carbonyl (C=O) groups excluding carboxylic acids is 1. The smallest absolute Gasteiger partial charge is 0.308 e. The molecule has 0 aliphatic rings. The van der Waals surface area contributed by atoms with Crippen molar-refractivity contribution in [2.45, 2.75) is 63.6 Å². The maximum atomic E-state index is 12.0. The lowest BCUT2D eigenvalue weighted by Gasteiger charge is -2.28. The molecule has 0 aromatic carbocycles. The highest BCUT2D eigenvalue weighted by Gasteiger charge is 2.25. The summed E-state index contributed by atoms with van der Waals surface area (Å²) in [6.07, 6.45) is 5.30. The molecule has 0 saturated heterocycles. The van der Waals surface area contributed by atoms with Gasteiger partial charge in [0.25, 0.3) is 0 Å². The van der Waals surface area contributed by atoms with E-state index in [0.717, 1.165) is 25.7 Å². The van der Waals surface area contributed by atoms with Crippen molar-refractivity contribution in [2.24, 2.45) is 0 Å². The SMILES string of the molecule is C[N+](C)(C)CC(CC(=O)O)OC(=O)CC(O)CCCCC/C=C/CC(=O)O. The monoisotopic (exact) mass is 388 g/mol. The van der Waals surface area contributed by atoms with E-state index in [1.165, 1.54) is 0 Å². The van der Waals surface area contributed by atoms with E-state index in [2.05, 4.69) is 0 Å². The number of aliphatic carboxylic acids is 2. The molecule has 0 saturated carbocycles. The van der Waals surface area contributed by atoms with Gasteiger partial charge in [-0.25, -0.2) is 0 Å². The number of aliphatic hydroxyl groups is 1. The summed E-state index contributed by atoms with van der Waals surface area (Å²) in [6, 6.07) is 0. The molecule has 2 unspecified atom stereocenters. The number of carboxylic acids is 2. The van der Waals surface area contributed by atoms with E-state index in [-0.39, 0.29) is 19.3 Å². The van der Waals surface area contributed by atoms with Crippen LogP contribution in [0.5, 0.6) is 0 Å². The second kappa shape index (κ2) is 13.3. The maximum Gasteiger partial charge on any atom is 0.308 e. The van der Waals surface area contributed by atoms with Gasteiger partial charge in [-0.3, -0.25) is 14.4 Å². The molecule has 0 amide bonds. The molecule has 0 spiro atoms. The Bertz CT molecular complexity index is 497. The molecule has 0 rings (SSSR count).